The number of aryl methyl sites for hydroxylation is 1. The van der Waals surface area contributed by atoms with Crippen LogP contribution in [0.2, 0.25) is 0 Å². The lowest BCUT2D eigenvalue weighted by Gasteiger charge is -2.09. The van der Waals surface area contributed by atoms with Gasteiger partial charge < -0.3 is 19.5 Å². The van der Waals surface area contributed by atoms with E-state index in [2.05, 4.69) is 23.8 Å². The molecule has 0 amide bonds. The number of hydrogen-bond acceptors (Lipinski definition) is 6. The Bertz CT molecular complexity index is 644. The first-order valence-electron chi connectivity index (χ1n) is 10.4. The van der Waals surface area contributed by atoms with Crippen molar-refractivity contribution in [2.24, 2.45) is 4.99 Å². The maximum absolute atomic E-state index is 11.2. The Morgan fingerprint density at radius 1 is 1.14 bits per heavy atom. The molecule has 29 heavy (non-hydrogen) atoms. The lowest BCUT2D eigenvalue weighted by molar-refractivity contribution is -0.139. The van der Waals surface area contributed by atoms with Crippen LogP contribution in [0.25, 0.3) is 0 Å². The number of rotatable bonds is 16. The standard InChI is InChI=1S/C23H36N2O4/c1-5-6-7-8-9-10-13-27-17-24-21-12-11-20(4)22(16-21)25-18-28-14-15-29-23(26)19(2)3/h11-12,16,18,24H,2,5-10,13-15,17H2,1,3-4H3. The quantitative estimate of drug-likeness (QED) is 0.0978. The van der Waals surface area contributed by atoms with Crippen LogP contribution >= 0.6 is 0 Å². The zero-order valence-electron chi connectivity index (χ0n) is 18.2. The zero-order valence-corrected chi connectivity index (χ0v) is 18.2. The molecule has 162 valence electrons. The molecule has 0 unspecified atom stereocenters. The van der Waals surface area contributed by atoms with E-state index in [0.717, 1.165) is 30.0 Å². The van der Waals surface area contributed by atoms with Crippen molar-refractivity contribution in [1.82, 2.24) is 0 Å². The van der Waals surface area contributed by atoms with Gasteiger partial charge in [0.1, 0.15) is 19.9 Å². The molecular formula is C23H36N2O4. The first-order valence-corrected chi connectivity index (χ1v) is 10.4. The second kappa shape index (κ2) is 15.6. The van der Waals surface area contributed by atoms with E-state index in [0.29, 0.717) is 12.3 Å². The maximum Gasteiger partial charge on any atom is 0.333 e. The van der Waals surface area contributed by atoms with Crippen molar-refractivity contribution >= 4 is 23.7 Å². The van der Waals surface area contributed by atoms with E-state index < -0.39 is 5.97 Å². The number of nitrogens with zero attached hydrogens (tertiary/aromatic N) is 1. The number of unbranched alkanes of at least 4 members (excludes halogenated alkanes) is 5. The van der Waals surface area contributed by atoms with Gasteiger partial charge in [0.25, 0.3) is 0 Å². The largest absolute Gasteiger partial charge is 0.480 e. The Kier molecular flexibility index (Phi) is 13.3. The van der Waals surface area contributed by atoms with Crippen LogP contribution in [0, 0.1) is 6.92 Å². The van der Waals surface area contributed by atoms with Gasteiger partial charge in [0, 0.05) is 17.9 Å². The lowest BCUT2D eigenvalue weighted by Crippen LogP contribution is -2.10. The fraction of sp³-hybridized carbons (Fsp3) is 0.565. The normalized spacial score (nSPS) is 10.9. The van der Waals surface area contributed by atoms with Crippen LogP contribution in [0.15, 0.2) is 35.3 Å². The number of aliphatic imine (C=N–C) groups is 1. The highest BCUT2D eigenvalue weighted by atomic mass is 16.6. The second-order valence-corrected chi connectivity index (χ2v) is 7.02. The maximum atomic E-state index is 11.2. The summed E-state index contributed by atoms with van der Waals surface area (Å²) in [5, 5.41) is 3.25. The van der Waals surface area contributed by atoms with E-state index in [4.69, 9.17) is 14.2 Å². The number of carbonyl (C=O) groups is 1. The third-order valence-corrected chi connectivity index (χ3v) is 4.28. The van der Waals surface area contributed by atoms with Crippen LogP contribution in [-0.2, 0) is 19.0 Å². The number of ether oxygens (including phenoxy) is 3. The minimum Gasteiger partial charge on any atom is -0.480 e. The zero-order chi connectivity index (χ0) is 21.3. The van der Waals surface area contributed by atoms with Crippen LogP contribution < -0.4 is 5.32 Å². The molecule has 0 aliphatic carbocycles. The third kappa shape index (κ3) is 12.0. The average Bonchev–Trinajstić information content (AvgIpc) is 2.70. The van der Waals surface area contributed by atoms with Gasteiger partial charge >= 0.3 is 5.97 Å². The Labute approximate surface area is 175 Å². The number of esters is 1. The third-order valence-electron chi connectivity index (χ3n) is 4.28. The molecule has 1 rings (SSSR count). The van der Waals surface area contributed by atoms with Crippen molar-refractivity contribution < 1.29 is 19.0 Å². The number of anilines is 1. The summed E-state index contributed by atoms with van der Waals surface area (Å²) in [5.74, 6) is -0.418. The highest BCUT2D eigenvalue weighted by Crippen LogP contribution is 2.22. The molecule has 0 saturated heterocycles. The van der Waals surface area contributed by atoms with Crippen LogP contribution in [0.3, 0.4) is 0 Å². The van der Waals surface area contributed by atoms with Gasteiger partial charge in [0.15, 0.2) is 6.40 Å². The number of benzene rings is 1. The van der Waals surface area contributed by atoms with Gasteiger partial charge in [-0.3, -0.25) is 0 Å². The van der Waals surface area contributed by atoms with Crippen molar-refractivity contribution in [2.75, 3.05) is 31.9 Å². The summed E-state index contributed by atoms with van der Waals surface area (Å²) in [5.41, 5.74) is 3.16. The van der Waals surface area contributed by atoms with Gasteiger partial charge in [-0.15, -0.1) is 0 Å². The van der Waals surface area contributed by atoms with Gasteiger partial charge in [-0.2, -0.15) is 0 Å². The molecule has 1 aromatic carbocycles. The molecule has 1 N–H and O–H groups in total. The Morgan fingerprint density at radius 3 is 2.66 bits per heavy atom. The summed E-state index contributed by atoms with van der Waals surface area (Å²) in [6.07, 6.45) is 8.93. The Morgan fingerprint density at radius 2 is 1.90 bits per heavy atom. The van der Waals surface area contributed by atoms with Crippen LogP contribution in [0.4, 0.5) is 11.4 Å². The SMILES string of the molecule is C=C(C)C(=O)OCCOC=Nc1cc(NCOCCCCCCCC)ccc1C. The predicted molar refractivity (Wildman–Crippen MR) is 119 cm³/mol. The fourth-order valence-electron chi connectivity index (χ4n) is 2.50. The molecule has 0 spiro atoms. The summed E-state index contributed by atoms with van der Waals surface area (Å²) in [6.45, 7) is 11.0. The lowest BCUT2D eigenvalue weighted by atomic mass is 10.1. The second-order valence-electron chi connectivity index (χ2n) is 7.02. The summed E-state index contributed by atoms with van der Waals surface area (Å²) < 4.78 is 15.9. The molecule has 1 aromatic rings. The van der Waals surface area contributed by atoms with Crippen molar-refractivity contribution in [3.63, 3.8) is 0 Å². The minimum absolute atomic E-state index is 0.161. The molecule has 0 bridgehead atoms. The molecule has 0 radical (unpaired) electrons. The van der Waals surface area contributed by atoms with E-state index in [1.807, 2.05) is 25.1 Å². The molecular weight excluding hydrogens is 368 g/mol. The summed E-state index contributed by atoms with van der Waals surface area (Å²) >= 11 is 0. The smallest absolute Gasteiger partial charge is 0.333 e. The van der Waals surface area contributed by atoms with Gasteiger partial charge in [-0.1, -0.05) is 51.7 Å². The summed E-state index contributed by atoms with van der Waals surface area (Å²) in [7, 11) is 0. The molecule has 0 aliphatic rings. The first kappa shape index (κ1) is 24.7. The van der Waals surface area contributed by atoms with Crippen molar-refractivity contribution in [1.29, 1.82) is 0 Å². The van der Waals surface area contributed by atoms with Crippen LogP contribution in [0.5, 0.6) is 0 Å². The number of hydrogen-bond donors (Lipinski definition) is 1. The average molecular weight is 405 g/mol. The van der Waals surface area contributed by atoms with E-state index in [1.54, 1.807) is 6.92 Å². The van der Waals surface area contributed by atoms with Gasteiger partial charge in [0.2, 0.25) is 0 Å². The van der Waals surface area contributed by atoms with Crippen LogP contribution in [-0.4, -0.2) is 38.9 Å². The molecule has 0 fully saturated rings. The topological polar surface area (TPSA) is 69.2 Å². The highest BCUT2D eigenvalue weighted by molar-refractivity contribution is 5.86. The van der Waals surface area contributed by atoms with Crippen LogP contribution in [0.1, 0.15) is 57.9 Å². The molecule has 0 saturated carbocycles. The van der Waals surface area contributed by atoms with E-state index >= 15 is 0 Å². The molecule has 0 atom stereocenters. The molecule has 0 heterocycles. The van der Waals surface area contributed by atoms with E-state index in [1.165, 1.54) is 38.5 Å². The molecule has 0 aromatic heterocycles. The monoisotopic (exact) mass is 404 g/mol. The summed E-state index contributed by atoms with van der Waals surface area (Å²) in [4.78, 5) is 15.6. The Hall–Kier alpha value is -2.34. The van der Waals surface area contributed by atoms with Gasteiger partial charge in [-0.05, 0) is 38.0 Å². The molecule has 6 heteroatoms. The first-order chi connectivity index (χ1) is 14.0. The van der Waals surface area contributed by atoms with E-state index in [-0.39, 0.29) is 13.2 Å². The van der Waals surface area contributed by atoms with Crippen molar-refractivity contribution in [3.8, 4) is 0 Å². The van der Waals surface area contributed by atoms with Gasteiger partial charge in [0.05, 0.1) is 5.69 Å². The minimum atomic E-state index is -0.418. The summed E-state index contributed by atoms with van der Waals surface area (Å²) in [6, 6.07) is 5.95. The van der Waals surface area contributed by atoms with Crippen molar-refractivity contribution in [3.05, 3.63) is 35.9 Å². The van der Waals surface area contributed by atoms with E-state index in [9.17, 15) is 4.79 Å². The number of nitrogens with one attached hydrogen (secondary N) is 1. The Balaban J connectivity index is 2.24. The highest BCUT2D eigenvalue weighted by Gasteiger charge is 2.02. The van der Waals surface area contributed by atoms with Gasteiger partial charge in [-0.25, -0.2) is 9.79 Å². The molecule has 0 aliphatic heterocycles. The van der Waals surface area contributed by atoms with Crippen molar-refractivity contribution in [2.45, 2.75) is 59.3 Å². The molecule has 6 nitrogen and oxygen atoms in total. The predicted octanol–water partition coefficient (Wildman–Crippen LogP) is 5.54. The number of carbonyl (C=O) groups excluding carboxylic acids is 1. The fourth-order valence-corrected chi connectivity index (χ4v) is 2.50.